The summed E-state index contributed by atoms with van der Waals surface area (Å²) < 4.78 is 5.39. The highest BCUT2D eigenvalue weighted by molar-refractivity contribution is 8.15. The van der Waals surface area contributed by atoms with Crippen molar-refractivity contribution in [2.75, 3.05) is 0 Å². The van der Waals surface area contributed by atoms with Gasteiger partial charge < -0.3 is 4.74 Å². The minimum Gasteiger partial charge on any atom is -0.462 e. The van der Waals surface area contributed by atoms with Gasteiger partial charge in [0.25, 0.3) is 0 Å². The van der Waals surface area contributed by atoms with E-state index in [4.69, 9.17) is 10.1 Å². The fourth-order valence-electron chi connectivity index (χ4n) is 3.21. The molecule has 1 aliphatic heterocycles. The lowest BCUT2D eigenvalue weighted by Crippen LogP contribution is -2.32. The Bertz CT molecular complexity index is 805. The van der Waals surface area contributed by atoms with Crippen molar-refractivity contribution in [3.63, 3.8) is 0 Å². The first-order valence-corrected chi connectivity index (χ1v) is 9.46. The zero-order chi connectivity index (χ0) is 18.7. The molecule has 0 bridgehead atoms. The molecule has 4 nitrogen and oxygen atoms in total. The lowest BCUT2D eigenvalue weighted by Gasteiger charge is -2.23. The van der Waals surface area contributed by atoms with Crippen LogP contribution in [0.4, 0.5) is 0 Å². The molecular formula is C21H21NO3S. The first kappa shape index (κ1) is 18.4. The molecule has 2 aromatic carbocycles. The van der Waals surface area contributed by atoms with Gasteiger partial charge in [-0.2, -0.15) is 0 Å². The molecule has 0 saturated carbocycles. The van der Waals surface area contributed by atoms with E-state index in [0.717, 1.165) is 5.56 Å². The number of carbonyl (C=O) groups is 2. The summed E-state index contributed by atoms with van der Waals surface area (Å²) >= 11 is 1.17. The third-order valence-electron chi connectivity index (χ3n) is 4.33. The zero-order valence-corrected chi connectivity index (χ0v) is 15.5. The van der Waals surface area contributed by atoms with Gasteiger partial charge in [0.15, 0.2) is 5.78 Å². The van der Waals surface area contributed by atoms with Crippen LogP contribution in [0.15, 0.2) is 60.7 Å². The number of carbonyl (C=O) groups excluding carboxylic acids is 2. The molecular weight excluding hydrogens is 346 g/mol. The number of esters is 1. The van der Waals surface area contributed by atoms with E-state index in [2.05, 4.69) is 0 Å². The average molecular weight is 367 g/mol. The molecule has 5 heteroatoms. The Hall–Kier alpha value is -2.40. The van der Waals surface area contributed by atoms with E-state index in [9.17, 15) is 9.59 Å². The maximum absolute atomic E-state index is 13.1. The van der Waals surface area contributed by atoms with Gasteiger partial charge in [-0.15, -0.1) is 0 Å². The minimum absolute atomic E-state index is 0.0611. The third kappa shape index (κ3) is 3.73. The quantitative estimate of drug-likeness (QED) is 0.631. The summed E-state index contributed by atoms with van der Waals surface area (Å²) in [6, 6.07) is 18.5. The van der Waals surface area contributed by atoms with Gasteiger partial charge >= 0.3 is 5.97 Å². The Morgan fingerprint density at radius 3 is 2.15 bits per heavy atom. The molecule has 1 aliphatic rings. The maximum atomic E-state index is 13.1. The molecule has 3 atom stereocenters. The molecule has 0 radical (unpaired) electrons. The van der Waals surface area contributed by atoms with Crippen LogP contribution in [0, 0.1) is 11.3 Å². The molecule has 26 heavy (non-hydrogen) atoms. The maximum Gasteiger partial charge on any atom is 0.316 e. The molecule has 134 valence electrons. The van der Waals surface area contributed by atoms with Crippen molar-refractivity contribution in [1.82, 2.24) is 0 Å². The molecule has 1 saturated heterocycles. The number of rotatable bonds is 5. The van der Waals surface area contributed by atoms with E-state index in [1.165, 1.54) is 11.8 Å². The molecule has 2 aromatic rings. The fourth-order valence-corrected chi connectivity index (χ4v) is 4.57. The van der Waals surface area contributed by atoms with E-state index < -0.39 is 23.1 Å². The summed E-state index contributed by atoms with van der Waals surface area (Å²) in [5.41, 5.74) is 1.47. The molecule has 0 aromatic heterocycles. The Morgan fingerprint density at radius 1 is 1.00 bits per heavy atom. The van der Waals surface area contributed by atoms with Gasteiger partial charge in [-0.3, -0.25) is 15.0 Å². The van der Waals surface area contributed by atoms with Crippen LogP contribution in [0.5, 0.6) is 0 Å². The second-order valence-corrected chi connectivity index (χ2v) is 7.72. The van der Waals surface area contributed by atoms with Crippen LogP contribution in [-0.2, 0) is 9.53 Å². The number of Topliss-reactive ketones (excluding diaryl/α,β-unsaturated/α-hetero) is 1. The first-order valence-electron chi connectivity index (χ1n) is 8.59. The molecule has 0 unspecified atom stereocenters. The predicted molar refractivity (Wildman–Crippen MR) is 104 cm³/mol. The van der Waals surface area contributed by atoms with Crippen LogP contribution in [0.25, 0.3) is 0 Å². The van der Waals surface area contributed by atoms with Gasteiger partial charge in [0.1, 0.15) is 5.92 Å². The number of thioether (sulfide) groups is 1. The lowest BCUT2D eigenvalue weighted by molar-refractivity contribution is -0.150. The molecule has 0 spiro atoms. The van der Waals surface area contributed by atoms with Crippen LogP contribution < -0.4 is 0 Å². The highest BCUT2D eigenvalue weighted by Gasteiger charge is 2.49. The number of hydrogen-bond donors (Lipinski definition) is 1. The Balaban J connectivity index is 2.00. The highest BCUT2D eigenvalue weighted by atomic mass is 32.2. The van der Waals surface area contributed by atoms with Crippen LogP contribution >= 0.6 is 11.8 Å². The smallest absolute Gasteiger partial charge is 0.316 e. The molecule has 0 aliphatic carbocycles. The van der Waals surface area contributed by atoms with Crippen LogP contribution in [0.2, 0.25) is 0 Å². The number of ether oxygens (including phenoxy) is 1. The molecule has 1 N–H and O–H groups in total. The summed E-state index contributed by atoms with van der Waals surface area (Å²) in [4.78, 5) is 25.8. The Morgan fingerprint density at radius 2 is 1.58 bits per heavy atom. The highest BCUT2D eigenvalue weighted by Crippen LogP contribution is 2.47. The molecule has 1 fully saturated rings. The standard InChI is InChI=1S/C21H21NO3S/c1-13(2)25-21(24)17-16(14-9-5-3-6-10-14)19(26-20(17)22)18(23)15-11-7-4-8-12-15/h3-13,16-17,19,22H,1-2H3/t16-,17-,19+/m1/s1. The van der Waals surface area contributed by atoms with E-state index in [-0.39, 0.29) is 16.9 Å². The Labute approximate surface area is 157 Å². The average Bonchev–Trinajstić information content (AvgIpc) is 2.99. The molecule has 1 heterocycles. The van der Waals surface area contributed by atoms with E-state index in [1.54, 1.807) is 26.0 Å². The van der Waals surface area contributed by atoms with Crippen LogP contribution in [-0.4, -0.2) is 28.2 Å². The normalized spacial score (nSPS) is 22.4. The van der Waals surface area contributed by atoms with Crippen LogP contribution in [0.3, 0.4) is 0 Å². The summed E-state index contributed by atoms with van der Waals surface area (Å²) in [5.74, 6) is -1.65. The number of hydrogen-bond acceptors (Lipinski definition) is 5. The number of nitrogens with one attached hydrogen (secondary N) is 1. The van der Waals surface area contributed by atoms with Crippen molar-refractivity contribution in [3.8, 4) is 0 Å². The lowest BCUT2D eigenvalue weighted by atomic mass is 9.82. The summed E-state index contributed by atoms with van der Waals surface area (Å²) in [5, 5.41) is 8.03. The van der Waals surface area contributed by atoms with Crippen molar-refractivity contribution >= 4 is 28.6 Å². The topological polar surface area (TPSA) is 67.2 Å². The fraction of sp³-hybridized carbons (Fsp3) is 0.286. The van der Waals surface area contributed by atoms with Crippen molar-refractivity contribution in [2.45, 2.75) is 31.1 Å². The van der Waals surface area contributed by atoms with Gasteiger partial charge in [-0.25, -0.2) is 0 Å². The number of ketones is 1. The largest absolute Gasteiger partial charge is 0.462 e. The summed E-state index contributed by atoms with van der Waals surface area (Å²) in [6.45, 7) is 3.57. The first-order chi connectivity index (χ1) is 12.5. The summed E-state index contributed by atoms with van der Waals surface area (Å²) in [6.07, 6.45) is -0.263. The monoisotopic (exact) mass is 367 g/mol. The predicted octanol–water partition coefficient (Wildman–Crippen LogP) is 4.31. The van der Waals surface area contributed by atoms with Gasteiger partial charge in [0.2, 0.25) is 0 Å². The summed E-state index contributed by atoms with van der Waals surface area (Å²) in [7, 11) is 0. The van der Waals surface area contributed by atoms with Crippen molar-refractivity contribution < 1.29 is 14.3 Å². The second kappa shape index (κ2) is 7.87. The van der Waals surface area contributed by atoms with Crippen molar-refractivity contribution in [1.29, 1.82) is 5.41 Å². The molecule has 0 amide bonds. The third-order valence-corrected chi connectivity index (χ3v) is 5.60. The number of benzene rings is 2. The zero-order valence-electron chi connectivity index (χ0n) is 14.7. The van der Waals surface area contributed by atoms with E-state index >= 15 is 0 Å². The second-order valence-electron chi connectivity index (χ2n) is 6.53. The minimum atomic E-state index is -0.748. The Kier molecular flexibility index (Phi) is 5.57. The van der Waals surface area contributed by atoms with Gasteiger partial charge in [0.05, 0.1) is 16.4 Å². The van der Waals surface area contributed by atoms with Crippen LogP contribution in [0.1, 0.15) is 35.7 Å². The van der Waals surface area contributed by atoms with Gasteiger partial charge in [-0.1, -0.05) is 72.4 Å². The van der Waals surface area contributed by atoms with Gasteiger partial charge in [-0.05, 0) is 19.4 Å². The van der Waals surface area contributed by atoms with E-state index in [1.807, 2.05) is 48.5 Å². The van der Waals surface area contributed by atoms with Crippen molar-refractivity contribution in [3.05, 3.63) is 71.8 Å². The molecule has 3 rings (SSSR count). The van der Waals surface area contributed by atoms with Gasteiger partial charge in [0, 0.05) is 11.5 Å². The van der Waals surface area contributed by atoms with E-state index in [0.29, 0.717) is 5.56 Å². The SMILES string of the molecule is CC(C)OC(=O)[C@H]1C(=N)S[C@H](C(=O)c2ccccc2)[C@@H]1c1ccccc1. The van der Waals surface area contributed by atoms with Crippen molar-refractivity contribution in [2.24, 2.45) is 5.92 Å².